The summed E-state index contributed by atoms with van der Waals surface area (Å²) in [4.78, 5) is 12.2. The Labute approximate surface area is 166 Å². The number of esters is 1. The highest BCUT2D eigenvalue weighted by molar-refractivity contribution is 5.90. The van der Waals surface area contributed by atoms with Gasteiger partial charge in [0.05, 0.1) is 12.2 Å². The van der Waals surface area contributed by atoms with E-state index in [0.29, 0.717) is 30.8 Å². The zero-order valence-corrected chi connectivity index (χ0v) is 16.7. The molecule has 0 radical (unpaired) electrons. The second-order valence-electron chi connectivity index (χ2n) is 7.07. The summed E-state index contributed by atoms with van der Waals surface area (Å²) < 4.78 is 16.9. The molecule has 2 aromatic rings. The summed E-state index contributed by atoms with van der Waals surface area (Å²) in [5, 5.41) is 0. The molecule has 0 fully saturated rings. The molecule has 0 saturated heterocycles. The van der Waals surface area contributed by atoms with Crippen LogP contribution in [0, 0.1) is 13.8 Å². The molecule has 2 aromatic carbocycles. The highest BCUT2D eigenvalue weighted by Gasteiger charge is 2.16. The van der Waals surface area contributed by atoms with Gasteiger partial charge in [0, 0.05) is 12.8 Å². The Morgan fingerprint density at radius 1 is 0.893 bits per heavy atom. The molecular weight excluding hydrogens is 352 g/mol. The van der Waals surface area contributed by atoms with Crippen LogP contribution in [0.25, 0.3) is 0 Å². The highest BCUT2D eigenvalue weighted by atomic mass is 16.7. The molecule has 0 aliphatic heterocycles. The van der Waals surface area contributed by atoms with E-state index >= 15 is 0 Å². The Balaban J connectivity index is 1.49. The van der Waals surface area contributed by atoms with E-state index in [4.69, 9.17) is 14.2 Å². The minimum atomic E-state index is -0.329. The van der Waals surface area contributed by atoms with Crippen molar-refractivity contribution in [1.29, 1.82) is 0 Å². The Kier molecular flexibility index (Phi) is 6.66. The first kappa shape index (κ1) is 19.9. The van der Waals surface area contributed by atoms with Crippen LogP contribution in [0.3, 0.4) is 0 Å². The van der Waals surface area contributed by atoms with E-state index in [-0.39, 0.29) is 12.8 Å². The number of carbonyl (C=O) groups excluding carboxylic acids is 1. The van der Waals surface area contributed by atoms with E-state index < -0.39 is 0 Å². The van der Waals surface area contributed by atoms with Crippen LogP contribution in [-0.4, -0.2) is 12.8 Å². The third kappa shape index (κ3) is 5.57. The Morgan fingerprint density at radius 2 is 1.54 bits per heavy atom. The molecule has 3 rings (SSSR count). The monoisotopic (exact) mass is 378 g/mol. The van der Waals surface area contributed by atoms with Gasteiger partial charge in [-0.25, -0.2) is 4.79 Å². The largest absolute Gasteiger partial charge is 0.472 e. The van der Waals surface area contributed by atoms with Crippen LogP contribution in [0.4, 0.5) is 0 Å². The fraction of sp³-hybridized carbons (Fsp3) is 0.292. The van der Waals surface area contributed by atoms with Crippen LogP contribution in [0.5, 0.6) is 0 Å². The molecule has 0 heterocycles. The molecule has 0 saturated carbocycles. The van der Waals surface area contributed by atoms with Crippen LogP contribution in [0.1, 0.15) is 46.8 Å². The molecule has 4 nitrogen and oxygen atoms in total. The molecule has 0 aromatic heterocycles. The molecule has 28 heavy (non-hydrogen) atoms. The number of benzene rings is 2. The van der Waals surface area contributed by atoms with E-state index in [2.05, 4.69) is 31.2 Å². The van der Waals surface area contributed by atoms with Crippen LogP contribution in [0.15, 0.2) is 71.7 Å². The van der Waals surface area contributed by atoms with Crippen LogP contribution in [-0.2, 0) is 20.8 Å². The van der Waals surface area contributed by atoms with E-state index in [1.54, 1.807) is 12.1 Å². The van der Waals surface area contributed by atoms with Gasteiger partial charge in [-0.1, -0.05) is 47.5 Å². The lowest BCUT2D eigenvalue weighted by Crippen LogP contribution is -2.10. The lowest BCUT2D eigenvalue weighted by molar-refractivity contribution is -0.0357. The maximum atomic E-state index is 12.2. The molecule has 146 valence electrons. The van der Waals surface area contributed by atoms with Gasteiger partial charge in [-0.2, -0.15) is 0 Å². The van der Waals surface area contributed by atoms with Gasteiger partial charge in [0.25, 0.3) is 0 Å². The molecule has 0 unspecified atom stereocenters. The molecule has 1 aliphatic carbocycles. The van der Waals surface area contributed by atoms with Crippen molar-refractivity contribution in [3.63, 3.8) is 0 Å². The summed E-state index contributed by atoms with van der Waals surface area (Å²) in [6.45, 7) is 6.72. The number of carbonyl (C=O) groups is 1. The van der Waals surface area contributed by atoms with E-state index in [0.717, 1.165) is 22.5 Å². The fourth-order valence-corrected chi connectivity index (χ4v) is 2.92. The van der Waals surface area contributed by atoms with Crippen LogP contribution >= 0.6 is 0 Å². The molecule has 0 bridgehead atoms. The maximum Gasteiger partial charge on any atom is 0.343 e. The van der Waals surface area contributed by atoms with E-state index in [1.165, 1.54) is 5.56 Å². The molecule has 0 atom stereocenters. The molecule has 0 N–H and O–H groups in total. The van der Waals surface area contributed by atoms with Gasteiger partial charge >= 0.3 is 5.97 Å². The van der Waals surface area contributed by atoms with Gasteiger partial charge in [0.1, 0.15) is 11.5 Å². The number of allylic oxidation sites excluding steroid dienone is 4. The third-order valence-corrected chi connectivity index (χ3v) is 4.63. The SMILES string of the molecule is CC1=C(OCOCc2ccc(C)cc2)CCC(OC(=O)c2ccc(C)cc2)=C1. The summed E-state index contributed by atoms with van der Waals surface area (Å²) in [5.41, 5.74) is 4.97. The number of hydrogen-bond acceptors (Lipinski definition) is 4. The Bertz CT molecular complexity index is 874. The number of hydrogen-bond donors (Lipinski definition) is 0. The van der Waals surface area contributed by atoms with E-state index in [9.17, 15) is 4.79 Å². The normalized spacial score (nSPS) is 13.9. The first-order chi connectivity index (χ1) is 13.5. The van der Waals surface area contributed by atoms with Gasteiger partial charge < -0.3 is 14.2 Å². The molecule has 0 amide bonds. The predicted octanol–water partition coefficient (Wildman–Crippen LogP) is 5.60. The van der Waals surface area contributed by atoms with Crippen molar-refractivity contribution in [2.75, 3.05) is 6.79 Å². The van der Waals surface area contributed by atoms with Crippen molar-refractivity contribution >= 4 is 5.97 Å². The zero-order valence-electron chi connectivity index (χ0n) is 16.7. The number of aryl methyl sites for hydroxylation is 2. The van der Waals surface area contributed by atoms with E-state index in [1.807, 2.05) is 32.1 Å². The average Bonchev–Trinajstić information content (AvgIpc) is 2.68. The van der Waals surface area contributed by atoms with Gasteiger partial charge in [-0.3, -0.25) is 0 Å². The quantitative estimate of drug-likeness (QED) is 0.357. The van der Waals surface area contributed by atoms with Crippen molar-refractivity contribution < 1.29 is 19.0 Å². The topological polar surface area (TPSA) is 44.8 Å². The minimum absolute atomic E-state index is 0.201. The van der Waals surface area contributed by atoms with Crippen molar-refractivity contribution in [3.8, 4) is 0 Å². The smallest absolute Gasteiger partial charge is 0.343 e. The first-order valence-electron chi connectivity index (χ1n) is 9.46. The Morgan fingerprint density at radius 3 is 2.18 bits per heavy atom. The number of ether oxygens (including phenoxy) is 3. The Hall–Kier alpha value is -2.85. The van der Waals surface area contributed by atoms with Gasteiger partial charge in [0.2, 0.25) is 0 Å². The zero-order chi connectivity index (χ0) is 19.9. The number of rotatable bonds is 7. The summed E-state index contributed by atoms with van der Waals surface area (Å²) in [5.74, 6) is 1.21. The van der Waals surface area contributed by atoms with Crippen LogP contribution < -0.4 is 0 Å². The summed E-state index contributed by atoms with van der Waals surface area (Å²) >= 11 is 0. The third-order valence-electron chi connectivity index (χ3n) is 4.63. The van der Waals surface area contributed by atoms with Crippen molar-refractivity contribution in [1.82, 2.24) is 0 Å². The highest BCUT2D eigenvalue weighted by Crippen LogP contribution is 2.26. The molecule has 0 spiro atoms. The lowest BCUT2D eigenvalue weighted by Gasteiger charge is -2.19. The fourth-order valence-electron chi connectivity index (χ4n) is 2.92. The average molecular weight is 378 g/mol. The summed E-state index contributed by atoms with van der Waals surface area (Å²) in [6.07, 6.45) is 3.18. The van der Waals surface area contributed by atoms with Gasteiger partial charge in [0.15, 0.2) is 6.79 Å². The maximum absolute atomic E-state index is 12.2. The lowest BCUT2D eigenvalue weighted by atomic mass is 10.0. The summed E-state index contributed by atoms with van der Waals surface area (Å²) in [6, 6.07) is 15.6. The summed E-state index contributed by atoms with van der Waals surface area (Å²) in [7, 11) is 0. The second kappa shape index (κ2) is 9.38. The van der Waals surface area contributed by atoms with Crippen molar-refractivity contribution in [2.24, 2.45) is 0 Å². The minimum Gasteiger partial charge on any atom is -0.472 e. The molecule has 1 aliphatic rings. The van der Waals surface area contributed by atoms with Gasteiger partial charge in [-0.05, 0) is 50.1 Å². The van der Waals surface area contributed by atoms with Crippen molar-refractivity contribution in [2.45, 2.75) is 40.2 Å². The van der Waals surface area contributed by atoms with Crippen molar-refractivity contribution in [3.05, 3.63) is 94.0 Å². The predicted molar refractivity (Wildman–Crippen MR) is 109 cm³/mol. The van der Waals surface area contributed by atoms with Gasteiger partial charge in [-0.15, -0.1) is 0 Å². The first-order valence-corrected chi connectivity index (χ1v) is 9.46. The van der Waals surface area contributed by atoms with Crippen LogP contribution in [0.2, 0.25) is 0 Å². The standard InChI is InChI=1S/C24H26O4/c1-17-4-8-20(9-5-17)15-26-16-27-23-13-12-22(14-19(23)3)28-24(25)21-10-6-18(2)7-11-21/h4-11,14H,12-13,15-16H2,1-3H3. The molecule has 4 heteroatoms. The second-order valence-corrected chi connectivity index (χ2v) is 7.07. The molecular formula is C24H26O4.